The summed E-state index contributed by atoms with van der Waals surface area (Å²) < 4.78 is 34.3. The van der Waals surface area contributed by atoms with Crippen LogP contribution in [-0.2, 0) is 30.2 Å². The zero-order valence-corrected chi connectivity index (χ0v) is 21.2. The van der Waals surface area contributed by atoms with Crippen molar-refractivity contribution >= 4 is 11.8 Å². The summed E-state index contributed by atoms with van der Waals surface area (Å²) in [5.74, 6) is -0.839. The van der Waals surface area contributed by atoms with Crippen LogP contribution in [0.2, 0.25) is 0 Å². The first-order valence-electron chi connectivity index (χ1n) is 11.9. The lowest BCUT2D eigenvalue weighted by atomic mass is 9.90. The fraction of sp³-hybridized carbons (Fsp3) is 0.429. The van der Waals surface area contributed by atoms with E-state index in [-0.39, 0.29) is 23.9 Å². The molecule has 2 aliphatic rings. The van der Waals surface area contributed by atoms with E-state index in [9.17, 15) is 9.59 Å². The number of ketones is 1. The second kappa shape index (κ2) is 10.8. The fourth-order valence-electron chi connectivity index (χ4n) is 4.53. The normalized spacial score (nSPS) is 24.5. The van der Waals surface area contributed by atoms with E-state index in [4.69, 9.17) is 28.4 Å². The number of rotatable bonds is 4. The van der Waals surface area contributed by atoms with Gasteiger partial charge in [0, 0.05) is 31.6 Å². The Morgan fingerprint density at radius 3 is 2.58 bits per heavy atom. The van der Waals surface area contributed by atoms with Crippen molar-refractivity contribution in [1.82, 2.24) is 0 Å². The number of cyclic esters (lactones) is 1. The van der Waals surface area contributed by atoms with Crippen molar-refractivity contribution in [2.45, 2.75) is 57.7 Å². The Kier molecular flexibility index (Phi) is 7.78. The van der Waals surface area contributed by atoms with E-state index in [1.165, 1.54) is 13.2 Å². The molecular formula is C28H32O8. The fourth-order valence-corrected chi connectivity index (χ4v) is 4.53. The Morgan fingerprint density at radius 1 is 1.06 bits per heavy atom. The number of carbonyl (C=O) groups excluding carboxylic acids is 2. The first-order chi connectivity index (χ1) is 17.2. The molecule has 2 heterocycles. The maximum atomic E-state index is 13.5. The topological polar surface area (TPSA) is 89.5 Å². The predicted molar refractivity (Wildman–Crippen MR) is 132 cm³/mol. The molecule has 2 aliphatic heterocycles. The van der Waals surface area contributed by atoms with Crippen molar-refractivity contribution in [2.75, 3.05) is 21.0 Å². The molecule has 0 aliphatic carbocycles. The van der Waals surface area contributed by atoms with Crippen LogP contribution < -0.4 is 9.47 Å². The molecule has 0 bridgehead atoms. The van der Waals surface area contributed by atoms with Crippen LogP contribution in [0.5, 0.6) is 11.5 Å². The van der Waals surface area contributed by atoms with Crippen LogP contribution in [0.4, 0.5) is 0 Å². The highest BCUT2D eigenvalue weighted by Gasteiger charge is 2.44. The van der Waals surface area contributed by atoms with Crippen LogP contribution in [0.25, 0.3) is 11.1 Å². The van der Waals surface area contributed by atoms with Crippen LogP contribution >= 0.6 is 0 Å². The van der Waals surface area contributed by atoms with Gasteiger partial charge in [-0.2, -0.15) is 0 Å². The van der Waals surface area contributed by atoms with Gasteiger partial charge in [0.15, 0.2) is 18.4 Å². The number of fused-ring (bicyclic) bond motifs is 4. The van der Waals surface area contributed by atoms with Gasteiger partial charge in [-0.15, -0.1) is 0 Å². The maximum absolute atomic E-state index is 13.5. The van der Waals surface area contributed by atoms with E-state index in [0.717, 1.165) is 11.1 Å². The number of benzene rings is 2. The van der Waals surface area contributed by atoms with Gasteiger partial charge in [0.1, 0.15) is 29.3 Å². The summed E-state index contributed by atoms with van der Waals surface area (Å²) in [6.07, 6.45) is 2.17. The van der Waals surface area contributed by atoms with Crippen molar-refractivity contribution in [2.24, 2.45) is 0 Å². The summed E-state index contributed by atoms with van der Waals surface area (Å²) in [5.41, 5.74) is 2.49. The number of esters is 1. The Morgan fingerprint density at radius 2 is 1.83 bits per heavy atom. The molecule has 0 N–H and O–H groups in total. The Hall–Kier alpha value is -3.20. The van der Waals surface area contributed by atoms with E-state index >= 15 is 0 Å². The number of ether oxygens (including phenoxy) is 6. The van der Waals surface area contributed by atoms with Gasteiger partial charge in [-0.25, -0.2) is 4.79 Å². The minimum Gasteiger partial charge on any atom is -0.497 e. The minimum atomic E-state index is -0.906. The number of hydrogen-bond donors (Lipinski definition) is 0. The number of methoxy groups -OCH3 is 2. The highest BCUT2D eigenvalue weighted by Crippen LogP contribution is 2.40. The molecule has 0 unspecified atom stereocenters. The molecular weight excluding hydrogens is 464 g/mol. The molecule has 36 heavy (non-hydrogen) atoms. The molecule has 8 nitrogen and oxygen atoms in total. The zero-order valence-electron chi connectivity index (χ0n) is 21.2. The van der Waals surface area contributed by atoms with Crippen molar-refractivity contribution in [3.05, 3.63) is 59.7 Å². The second-order valence-electron chi connectivity index (χ2n) is 9.31. The molecule has 0 amide bonds. The summed E-state index contributed by atoms with van der Waals surface area (Å²) in [6.45, 7) is 5.31. The Balaban J connectivity index is 1.91. The molecule has 0 radical (unpaired) electrons. The predicted octanol–water partition coefficient (Wildman–Crippen LogP) is 4.48. The average molecular weight is 497 g/mol. The van der Waals surface area contributed by atoms with Gasteiger partial charge in [-0.05, 0) is 44.0 Å². The third kappa shape index (κ3) is 5.61. The summed E-state index contributed by atoms with van der Waals surface area (Å²) in [4.78, 5) is 26.5. The third-order valence-corrected chi connectivity index (χ3v) is 6.10. The largest absolute Gasteiger partial charge is 0.497 e. The lowest BCUT2D eigenvalue weighted by molar-refractivity contribution is -0.152. The highest BCUT2D eigenvalue weighted by molar-refractivity contribution is 6.01. The van der Waals surface area contributed by atoms with Crippen molar-refractivity contribution in [1.29, 1.82) is 0 Å². The van der Waals surface area contributed by atoms with Gasteiger partial charge in [-0.1, -0.05) is 30.3 Å². The van der Waals surface area contributed by atoms with Crippen LogP contribution in [0.15, 0.2) is 48.6 Å². The van der Waals surface area contributed by atoms with E-state index in [1.54, 1.807) is 46.1 Å². The number of carbonyl (C=O) groups is 2. The molecule has 0 saturated carbocycles. The molecule has 2 aromatic rings. The van der Waals surface area contributed by atoms with Crippen molar-refractivity contribution in [3.63, 3.8) is 0 Å². The van der Waals surface area contributed by atoms with Gasteiger partial charge in [0.2, 0.25) is 0 Å². The summed E-state index contributed by atoms with van der Waals surface area (Å²) >= 11 is 0. The Labute approximate surface area is 211 Å². The maximum Gasteiger partial charge on any atom is 0.342 e. The van der Waals surface area contributed by atoms with E-state index < -0.39 is 30.1 Å². The van der Waals surface area contributed by atoms with Gasteiger partial charge < -0.3 is 28.4 Å². The Bertz CT molecular complexity index is 1150. The first-order valence-corrected chi connectivity index (χ1v) is 11.9. The third-order valence-electron chi connectivity index (χ3n) is 6.10. The van der Waals surface area contributed by atoms with E-state index in [1.807, 2.05) is 24.3 Å². The van der Waals surface area contributed by atoms with Crippen molar-refractivity contribution < 1.29 is 38.0 Å². The van der Waals surface area contributed by atoms with Gasteiger partial charge in [0.25, 0.3) is 0 Å². The first kappa shape index (κ1) is 25.9. The smallest absolute Gasteiger partial charge is 0.342 e. The van der Waals surface area contributed by atoms with Gasteiger partial charge >= 0.3 is 5.97 Å². The van der Waals surface area contributed by atoms with Crippen LogP contribution in [-0.4, -0.2) is 56.9 Å². The molecule has 1 saturated heterocycles. The van der Waals surface area contributed by atoms with Crippen molar-refractivity contribution in [3.8, 4) is 22.6 Å². The summed E-state index contributed by atoms with van der Waals surface area (Å²) in [6, 6.07) is 11.1. The van der Waals surface area contributed by atoms with Gasteiger partial charge in [0.05, 0.1) is 13.2 Å². The average Bonchev–Trinajstić information content (AvgIpc) is 3.15. The molecule has 3 atom stereocenters. The highest BCUT2D eigenvalue weighted by atomic mass is 16.8. The molecule has 192 valence electrons. The molecule has 2 aromatic carbocycles. The van der Waals surface area contributed by atoms with Crippen LogP contribution in [0.1, 0.15) is 43.1 Å². The summed E-state index contributed by atoms with van der Waals surface area (Å²) in [7, 11) is 3.05. The lowest BCUT2D eigenvalue weighted by Gasteiger charge is -2.22. The molecule has 0 aromatic heterocycles. The molecule has 1 fully saturated rings. The minimum absolute atomic E-state index is 0.0566. The number of hydrogen-bond acceptors (Lipinski definition) is 8. The SMILES string of the molecule is COCOc1cc(OC)cc2c1C(=O)O[C@@H](C)C/C=C\C(=O)[C@@H]1OC(C)(C)O[C@@H]1Cc1ccccc1-2. The van der Waals surface area contributed by atoms with Crippen LogP contribution in [0.3, 0.4) is 0 Å². The monoisotopic (exact) mass is 496 g/mol. The second-order valence-corrected chi connectivity index (χ2v) is 9.31. The van der Waals surface area contributed by atoms with E-state index in [2.05, 4.69) is 0 Å². The summed E-state index contributed by atoms with van der Waals surface area (Å²) in [5, 5.41) is 0. The molecule has 0 spiro atoms. The van der Waals surface area contributed by atoms with E-state index in [0.29, 0.717) is 24.2 Å². The zero-order chi connectivity index (χ0) is 25.9. The lowest BCUT2D eigenvalue weighted by Crippen LogP contribution is -2.32. The molecule has 8 heteroatoms. The van der Waals surface area contributed by atoms with Crippen LogP contribution in [0, 0.1) is 0 Å². The van der Waals surface area contributed by atoms with Gasteiger partial charge in [-0.3, -0.25) is 4.79 Å². The standard InChI is InChI=1S/C28H32O8/c1-17-9-8-12-22(29)26-24(35-28(2,3)36-26)13-18-10-6-7-11-20(18)21-14-19(32-5)15-23(33-16-31-4)25(21)27(30)34-17/h6-8,10-12,14-15,17,24,26H,9,13,16H2,1-5H3/b12-8-/t17-,24+,26-/m0/s1. The quantitative estimate of drug-likeness (QED) is 0.452. The molecule has 4 rings (SSSR count).